The third-order valence-corrected chi connectivity index (χ3v) is 6.65. The van der Waals surface area contributed by atoms with Gasteiger partial charge in [-0.3, -0.25) is 4.99 Å². The summed E-state index contributed by atoms with van der Waals surface area (Å²) >= 11 is 1.69. The highest BCUT2D eigenvalue weighted by Crippen LogP contribution is 2.13. The van der Waals surface area contributed by atoms with E-state index in [2.05, 4.69) is 26.4 Å². The lowest BCUT2D eigenvalue weighted by molar-refractivity contribution is 0.260. The summed E-state index contributed by atoms with van der Waals surface area (Å²) in [6.45, 7) is 2.78. The lowest BCUT2D eigenvalue weighted by atomic mass is 10.4. The predicted octanol–water partition coefficient (Wildman–Crippen LogP) is 1.58. The van der Waals surface area contributed by atoms with Gasteiger partial charge in [0.1, 0.15) is 12.0 Å². The van der Waals surface area contributed by atoms with Crippen LogP contribution in [-0.2, 0) is 22.3 Å². The van der Waals surface area contributed by atoms with Crippen LogP contribution < -0.4 is 5.32 Å². The van der Waals surface area contributed by atoms with Crippen molar-refractivity contribution in [3.63, 3.8) is 0 Å². The van der Waals surface area contributed by atoms with Crippen LogP contribution in [0.4, 0.5) is 0 Å². The molecule has 0 aromatic carbocycles. The molecule has 2 aromatic rings. The lowest BCUT2D eigenvalue weighted by Gasteiger charge is -2.35. The van der Waals surface area contributed by atoms with Crippen molar-refractivity contribution in [3.8, 4) is 0 Å². The maximum absolute atomic E-state index is 12.5. The van der Waals surface area contributed by atoms with Crippen molar-refractivity contribution >= 4 is 51.3 Å². The zero-order chi connectivity index (χ0) is 17.7. The molecule has 0 aliphatic carbocycles. The van der Waals surface area contributed by atoms with Gasteiger partial charge in [-0.25, -0.2) is 8.42 Å². The van der Waals surface area contributed by atoms with E-state index in [4.69, 9.17) is 4.52 Å². The van der Waals surface area contributed by atoms with Crippen LogP contribution in [0, 0.1) is 0 Å². The minimum Gasteiger partial charge on any atom is -0.364 e. The standard InChI is InChI=1S/C15H21N5O3S2.HI/c1-16-15(17-11-14-3-2-10-24-14)19-5-7-20(8-6-19)25(21,22)12-13-4-9-23-18-13;/h2-4,9-10H,5-8,11-12H2,1H3,(H,16,17);1H. The second kappa shape index (κ2) is 9.67. The Balaban J connectivity index is 0.00000243. The Hall–Kier alpha value is -1.18. The molecule has 1 fully saturated rings. The third-order valence-electron chi connectivity index (χ3n) is 3.97. The number of halogens is 1. The van der Waals surface area contributed by atoms with Crippen LogP contribution >= 0.6 is 35.3 Å². The molecule has 1 aliphatic heterocycles. The molecule has 11 heteroatoms. The van der Waals surface area contributed by atoms with Gasteiger partial charge < -0.3 is 14.7 Å². The first-order chi connectivity index (χ1) is 12.1. The van der Waals surface area contributed by atoms with Gasteiger partial charge >= 0.3 is 0 Å². The van der Waals surface area contributed by atoms with E-state index in [1.807, 2.05) is 11.4 Å². The van der Waals surface area contributed by atoms with E-state index >= 15 is 0 Å². The van der Waals surface area contributed by atoms with Crippen molar-refractivity contribution < 1.29 is 12.9 Å². The molecule has 3 rings (SSSR count). The molecule has 0 radical (unpaired) electrons. The molecule has 0 amide bonds. The quantitative estimate of drug-likeness (QED) is 0.373. The van der Waals surface area contributed by atoms with E-state index in [1.54, 1.807) is 24.5 Å². The normalized spacial score (nSPS) is 16.3. The third kappa shape index (κ3) is 5.41. The summed E-state index contributed by atoms with van der Waals surface area (Å²) in [6, 6.07) is 5.66. The van der Waals surface area contributed by atoms with E-state index in [-0.39, 0.29) is 29.7 Å². The minimum absolute atomic E-state index is 0. The fourth-order valence-electron chi connectivity index (χ4n) is 2.68. The van der Waals surface area contributed by atoms with E-state index in [1.165, 1.54) is 15.4 Å². The van der Waals surface area contributed by atoms with Gasteiger partial charge in [0.25, 0.3) is 0 Å². The van der Waals surface area contributed by atoms with E-state index < -0.39 is 10.0 Å². The number of rotatable bonds is 5. The van der Waals surface area contributed by atoms with Crippen LogP contribution in [0.1, 0.15) is 10.6 Å². The molecule has 0 unspecified atom stereocenters. The number of nitrogens with zero attached hydrogens (tertiary/aromatic N) is 4. The van der Waals surface area contributed by atoms with Gasteiger partial charge in [0.15, 0.2) is 5.96 Å². The van der Waals surface area contributed by atoms with Crippen LogP contribution in [0.3, 0.4) is 0 Å². The Labute approximate surface area is 174 Å². The Bertz CT molecular complexity index is 785. The molecule has 1 saturated heterocycles. The van der Waals surface area contributed by atoms with Gasteiger partial charge in [0, 0.05) is 44.2 Å². The molecular weight excluding hydrogens is 489 g/mol. The van der Waals surface area contributed by atoms with Gasteiger partial charge in [-0.2, -0.15) is 4.31 Å². The number of thiophene rings is 1. The number of piperazine rings is 1. The Morgan fingerprint density at radius 2 is 2.12 bits per heavy atom. The number of sulfonamides is 1. The number of guanidine groups is 1. The Morgan fingerprint density at radius 1 is 1.35 bits per heavy atom. The molecule has 1 aliphatic rings. The van der Waals surface area contributed by atoms with E-state index in [9.17, 15) is 8.42 Å². The van der Waals surface area contributed by atoms with Gasteiger partial charge in [-0.05, 0) is 11.4 Å². The number of hydrogen-bond acceptors (Lipinski definition) is 6. The molecule has 26 heavy (non-hydrogen) atoms. The molecule has 8 nitrogen and oxygen atoms in total. The molecule has 0 atom stereocenters. The van der Waals surface area contributed by atoms with Crippen molar-refractivity contribution in [1.82, 2.24) is 19.7 Å². The molecule has 0 spiro atoms. The summed E-state index contributed by atoms with van der Waals surface area (Å²) in [6.07, 6.45) is 1.38. The fourth-order valence-corrected chi connectivity index (χ4v) is 4.75. The van der Waals surface area contributed by atoms with Crippen molar-refractivity contribution in [2.75, 3.05) is 33.2 Å². The number of aromatic nitrogens is 1. The molecule has 0 saturated carbocycles. The summed E-state index contributed by atoms with van der Waals surface area (Å²) in [5.74, 6) is 0.663. The first-order valence-corrected chi connectivity index (χ1v) is 10.4. The smallest absolute Gasteiger partial charge is 0.220 e. The largest absolute Gasteiger partial charge is 0.364 e. The maximum atomic E-state index is 12.5. The molecule has 0 bridgehead atoms. The maximum Gasteiger partial charge on any atom is 0.220 e. The summed E-state index contributed by atoms with van der Waals surface area (Å²) < 4.78 is 31.1. The molecule has 1 N–H and O–H groups in total. The Kier molecular flexibility index (Phi) is 7.85. The van der Waals surface area contributed by atoms with Crippen molar-refractivity contribution in [2.24, 2.45) is 4.99 Å². The van der Waals surface area contributed by atoms with Crippen molar-refractivity contribution in [3.05, 3.63) is 40.4 Å². The molecular formula is C15H22IN5O3S2. The zero-order valence-electron chi connectivity index (χ0n) is 14.4. The van der Waals surface area contributed by atoms with E-state index in [0.717, 1.165) is 12.5 Å². The highest BCUT2D eigenvalue weighted by Gasteiger charge is 2.28. The number of nitrogens with one attached hydrogen (secondary N) is 1. The number of aliphatic imine (C=N–C) groups is 1. The van der Waals surface area contributed by atoms with Crippen LogP contribution in [0.15, 0.2) is 39.4 Å². The SMILES string of the molecule is CN=C(NCc1cccs1)N1CCN(S(=O)(=O)Cc2ccon2)CC1.I. The molecule has 144 valence electrons. The topological polar surface area (TPSA) is 91.0 Å². The number of hydrogen-bond donors (Lipinski definition) is 1. The molecule has 2 aromatic heterocycles. The highest BCUT2D eigenvalue weighted by molar-refractivity contribution is 14.0. The summed E-state index contributed by atoms with van der Waals surface area (Å²) in [5.41, 5.74) is 0.427. The first kappa shape index (κ1) is 21.1. The second-order valence-corrected chi connectivity index (χ2v) is 8.61. The van der Waals surface area contributed by atoms with Crippen LogP contribution in [0.25, 0.3) is 0 Å². The molecule has 3 heterocycles. The van der Waals surface area contributed by atoms with Gasteiger partial charge in [-0.15, -0.1) is 35.3 Å². The van der Waals surface area contributed by atoms with Crippen molar-refractivity contribution in [2.45, 2.75) is 12.3 Å². The van der Waals surface area contributed by atoms with Crippen molar-refractivity contribution in [1.29, 1.82) is 0 Å². The summed E-state index contributed by atoms with van der Waals surface area (Å²) in [7, 11) is -1.64. The summed E-state index contributed by atoms with van der Waals surface area (Å²) in [4.78, 5) is 7.62. The van der Waals surface area contributed by atoms with Crippen LogP contribution in [0.5, 0.6) is 0 Å². The first-order valence-electron chi connectivity index (χ1n) is 7.93. The van der Waals surface area contributed by atoms with Crippen LogP contribution in [0.2, 0.25) is 0 Å². The Morgan fingerprint density at radius 3 is 2.69 bits per heavy atom. The monoisotopic (exact) mass is 511 g/mol. The average molecular weight is 511 g/mol. The second-order valence-electron chi connectivity index (χ2n) is 5.61. The average Bonchev–Trinajstić information content (AvgIpc) is 3.29. The highest BCUT2D eigenvalue weighted by atomic mass is 127. The van der Waals surface area contributed by atoms with Gasteiger partial charge in [0.05, 0.1) is 12.2 Å². The zero-order valence-corrected chi connectivity index (χ0v) is 18.3. The van der Waals surface area contributed by atoms with Crippen LogP contribution in [-0.4, -0.2) is 62.0 Å². The fraction of sp³-hybridized carbons (Fsp3) is 0.467. The minimum atomic E-state index is -3.38. The van der Waals surface area contributed by atoms with Gasteiger partial charge in [-0.1, -0.05) is 11.2 Å². The summed E-state index contributed by atoms with van der Waals surface area (Å²) in [5, 5.41) is 9.05. The predicted molar refractivity (Wildman–Crippen MR) is 112 cm³/mol. The van der Waals surface area contributed by atoms with Gasteiger partial charge in [0.2, 0.25) is 10.0 Å². The van der Waals surface area contributed by atoms with E-state index in [0.29, 0.717) is 31.9 Å². The lowest BCUT2D eigenvalue weighted by Crippen LogP contribution is -2.53.